The highest BCUT2D eigenvalue weighted by Crippen LogP contribution is 2.44. The Bertz CT molecular complexity index is 1500. The second kappa shape index (κ2) is 11.0. The summed E-state index contributed by atoms with van der Waals surface area (Å²) < 4.78 is 12.2. The van der Waals surface area contributed by atoms with Gasteiger partial charge in [0, 0.05) is 18.0 Å². The van der Waals surface area contributed by atoms with Crippen molar-refractivity contribution in [2.45, 2.75) is 32.7 Å². The maximum absolute atomic E-state index is 13.5. The molecule has 38 heavy (non-hydrogen) atoms. The number of ketones is 1. The molecule has 0 bridgehead atoms. The summed E-state index contributed by atoms with van der Waals surface area (Å²) in [5.74, 6) is -0.400. The summed E-state index contributed by atoms with van der Waals surface area (Å²) in [4.78, 5) is 36.9. The Labute approximate surface area is 224 Å². The Morgan fingerprint density at radius 3 is 2.45 bits per heavy atom. The van der Waals surface area contributed by atoms with Crippen molar-refractivity contribution in [3.05, 3.63) is 83.7 Å². The van der Waals surface area contributed by atoms with Gasteiger partial charge >= 0.3 is 5.91 Å². The zero-order chi connectivity index (χ0) is 26.6. The van der Waals surface area contributed by atoms with Crippen molar-refractivity contribution in [1.29, 1.82) is 0 Å². The normalized spacial score (nSPS) is 16.8. The van der Waals surface area contributed by atoms with Gasteiger partial charge in [0.2, 0.25) is 0 Å². The Balaban J connectivity index is 1.62. The lowest BCUT2D eigenvalue weighted by Gasteiger charge is -2.23. The fraction of sp³-hybridized carbons (Fsp3) is 0.241. The fourth-order valence-electron chi connectivity index (χ4n) is 4.34. The van der Waals surface area contributed by atoms with Crippen molar-refractivity contribution in [2.24, 2.45) is 0 Å². The van der Waals surface area contributed by atoms with E-state index in [9.17, 15) is 14.7 Å². The van der Waals surface area contributed by atoms with E-state index in [2.05, 4.69) is 16.9 Å². The SMILES string of the molecule is CCCCOc1ccc(C2C(=C(O)c3ccncc3)C(=O)C(=O)N2c2nc3ccc(OCC)cc3s2)cc1. The van der Waals surface area contributed by atoms with Gasteiger partial charge in [-0.15, -0.1) is 0 Å². The largest absolute Gasteiger partial charge is 0.507 e. The van der Waals surface area contributed by atoms with Gasteiger partial charge < -0.3 is 14.6 Å². The van der Waals surface area contributed by atoms with Gasteiger partial charge in [0.1, 0.15) is 17.3 Å². The summed E-state index contributed by atoms with van der Waals surface area (Å²) in [5, 5.41) is 11.6. The molecule has 0 saturated carbocycles. The second-order valence-corrected chi connectivity index (χ2v) is 9.74. The Morgan fingerprint density at radius 1 is 1.00 bits per heavy atom. The summed E-state index contributed by atoms with van der Waals surface area (Å²) in [6.07, 6.45) is 5.00. The number of hydrogen-bond acceptors (Lipinski definition) is 8. The number of ether oxygens (including phenoxy) is 2. The molecule has 1 amide bonds. The van der Waals surface area contributed by atoms with Crippen LogP contribution in [0.2, 0.25) is 0 Å². The van der Waals surface area contributed by atoms with Gasteiger partial charge in [0.15, 0.2) is 5.13 Å². The smallest absolute Gasteiger partial charge is 0.301 e. The van der Waals surface area contributed by atoms with Gasteiger partial charge in [-0.2, -0.15) is 0 Å². The Kier molecular flexibility index (Phi) is 7.37. The molecule has 9 heteroatoms. The number of carbonyl (C=O) groups is 2. The standard InChI is InChI=1S/C29H27N3O5S/c1-3-5-16-37-20-8-6-18(7-9-20)25-24(26(33)19-12-14-30-15-13-19)27(34)28(35)32(25)29-31-22-11-10-21(36-4-2)17-23(22)38-29/h6-15,17,25,33H,3-5,16H2,1-2H3. The number of carbonyl (C=O) groups excluding carboxylic acids is 2. The topological polar surface area (TPSA) is 102 Å². The first kappa shape index (κ1) is 25.4. The van der Waals surface area contributed by atoms with Crippen molar-refractivity contribution < 1.29 is 24.2 Å². The van der Waals surface area contributed by atoms with Crippen molar-refractivity contribution in [1.82, 2.24) is 9.97 Å². The summed E-state index contributed by atoms with van der Waals surface area (Å²) in [6, 6.07) is 15.1. The molecular weight excluding hydrogens is 502 g/mol. The molecule has 1 fully saturated rings. The number of thiazole rings is 1. The quantitative estimate of drug-likeness (QED) is 0.125. The lowest BCUT2D eigenvalue weighted by Crippen LogP contribution is -2.29. The van der Waals surface area contributed by atoms with Gasteiger partial charge in [-0.3, -0.25) is 19.5 Å². The van der Waals surface area contributed by atoms with Crippen molar-refractivity contribution >= 4 is 44.1 Å². The number of nitrogens with zero attached hydrogens (tertiary/aromatic N) is 3. The molecule has 1 atom stereocenters. The van der Waals surface area contributed by atoms with Crippen LogP contribution in [-0.4, -0.2) is 40.0 Å². The number of amides is 1. The molecule has 1 aliphatic heterocycles. The first-order valence-electron chi connectivity index (χ1n) is 12.5. The Hall–Kier alpha value is -4.24. The number of hydrogen-bond donors (Lipinski definition) is 1. The first-order chi connectivity index (χ1) is 18.5. The minimum atomic E-state index is -0.875. The predicted molar refractivity (Wildman–Crippen MR) is 147 cm³/mol. The van der Waals surface area contributed by atoms with Gasteiger partial charge in [0.25, 0.3) is 5.78 Å². The van der Waals surface area contributed by atoms with Gasteiger partial charge in [-0.1, -0.05) is 36.8 Å². The third kappa shape index (κ3) is 4.84. The van der Waals surface area contributed by atoms with Crippen LogP contribution in [0.5, 0.6) is 11.5 Å². The molecule has 1 N–H and O–H groups in total. The number of pyridine rings is 1. The molecule has 8 nitrogen and oxygen atoms in total. The zero-order valence-electron chi connectivity index (χ0n) is 21.1. The molecule has 5 rings (SSSR count). The predicted octanol–water partition coefficient (Wildman–Crippen LogP) is 5.90. The van der Waals surface area contributed by atoms with Gasteiger partial charge in [-0.05, 0) is 61.4 Å². The third-order valence-electron chi connectivity index (χ3n) is 6.23. The van der Waals surface area contributed by atoms with Crippen molar-refractivity contribution in [2.75, 3.05) is 18.1 Å². The highest BCUT2D eigenvalue weighted by molar-refractivity contribution is 7.22. The highest BCUT2D eigenvalue weighted by Gasteiger charge is 2.48. The molecule has 4 aromatic rings. The number of rotatable bonds is 9. The molecule has 1 saturated heterocycles. The number of benzene rings is 2. The van der Waals surface area contributed by atoms with E-state index in [1.54, 1.807) is 12.1 Å². The van der Waals surface area contributed by atoms with Crippen LogP contribution in [0.4, 0.5) is 5.13 Å². The monoisotopic (exact) mass is 529 g/mol. The highest BCUT2D eigenvalue weighted by atomic mass is 32.1. The molecule has 0 radical (unpaired) electrons. The first-order valence-corrected chi connectivity index (χ1v) is 13.3. The lowest BCUT2D eigenvalue weighted by atomic mass is 9.95. The van der Waals surface area contributed by atoms with Gasteiger partial charge in [0.05, 0.1) is 35.0 Å². The molecule has 1 unspecified atom stereocenters. The number of aromatic nitrogens is 2. The molecular formula is C29H27N3O5S. The lowest BCUT2D eigenvalue weighted by molar-refractivity contribution is -0.132. The van der Waals surface area contributed by atoms with E-state index in [1.807, 2.05) is 49.4 Å². The third-order valence-corrected chi connectivity index (χ3v) is 7.24. The van der Waals surface area contributed by atoms with Crippen molar-refractivity contribution in [3.8, 4) is 11.5 Å². The van der Waals surface area contributed by atoms with E-state index < -0.39 is 17.7 Å². The minimum Gasteiger partial charge on any atom is -0.507 e. The molecule has 2 aromatic heterocycles. The van der Waals surface area contributed by atoms with E-state index in [-0.39, 0.29) is 11.3 Å². The number of Topliss-reactive ketones (excluding diaryl/α,β-unsaturated/α-hetero) is 1. The van der Waals surface area contributed by atoms with Crippen LogP contribution in [0.25, 0.3) is 16.0 Å². The number of aliphatic hydroxyl groups excluding tert-OH is 1. The van der Waals surface area contributed by atoms with E-state index >= 15 is 0 Å². The summed E-state index contributed by atoms with van der Waals surface area (Å²) in [7, 11) is 0. The van der Waals surface area contributed by atoms with E-state index in [1.165, 1.54) is 28.6 Å². The number of anilines is 1. The van der Waals surface area contributed by atoms with Crippen LogP contribution in [0.15, 0.2) is 72.6 Å². The molecule has 1 aliphatic rings. The van der Waals surface area contributed by atoms with Crippen LogP contribution < -0.4 is 14.4 Å². The van der Waals surface area contributed by atoms with Crippen LogP contribution in [0.1, 0.15) is 43.9 Å². The molecule has 2 aromatic carbocycles. The molecule has 0 spiro atoms. The minimum absolute atomic E-state index is 0.00453. The average molecular weight is 530 g/mol. The molecule has 194 valence electrons. The average Bonchev–Trinajstić information content (AvgIpc) is 3.47. The molecule has 0 aliphatic carbocycles. The summed E-state index contributed by atoms with van der Waals surface area (Å²) in [5.41, 5.74) is 1.73. The van der Waals surface area contributed by atoms with E-state index in [0.717, 1.165) is 17.5 Å². The maximum atomic E-state index is 13.5. The summed E-state index contributed by atoms with van der Waals surface area (Å²) in [6.45, 7) is 5.13. The number of fused-ring (bicyclic) bond motifs is 1. The maximum Gasteiger partial charge on any atom is 0.301 e. The van der Waals surface area contributed by atoms with Gasteiger partial charge in [-0.25, -0.2) is 4.98 Å². The second-order valence-electron chi connectivity index (χ2n) is 8.74. The molecule has 3 heterocycles. The number of aliphatic hydroxyl groups is 1. The zero-order valence-corrected chi connectivity index (χ0v) is 21.9. The number of unbranched alkanes of at least 4 members (excludes halogenated alkanes) is 1. The van der Waals surface area contributed by atoms with Crippen molar-refractivity contribution in [3.63, 3.8) is 0 Å². The van der Waals surface area contributed by atoms with Crippen LogP contribution in [0.3, 0.4) is 0 Å². The van der Waals surface area contributed by atoms with Crippen LogP contribution in [-0.2, 0) is 9.59 Å². The van der Waals surface area contributed by atoms with Crippen LogP contribution >= 0.6 is 11.3 Å². The van der Waals surface area contributed by atoms with E-state index in [4.69, 9.17) is 9.47 Å². The van der Waals surface area contributed by atoms with E-state index in [0.29, 0.717) is 46.5 Å². The fourth-order valence-corrected chi connectivity index (χ4v) is 5.36. The van der Waals surface area contributed by atoms with Crippen LogP contribution in [0, 0.1) is 0 Å². The Morgan fingerprint density at radius 2 is 1.74 bits per heavy atom. The summed E-state index contributed by atoms with van der Waals surface area (Å²) >= 11 is 1.29.